The number of rotatable bonds is 2. The van der Waals surface area contributed by atoms with E-state index in [1.54, 1.807) is 32.0 Å². The van der Waals surface area contributed by atoms with E-state index in [0.29, 0.717) is 11.4 Å². The zero-order valence-electron chi connectivity index (χ0n) is 9.54. The highest BCUT2D eigenvalue weighted by molar-refractivity contribution is 6.15. The monoisotopic (exact) mass is 232 g/mol. The molecule has 2 rings (SSSR count). The van der Waals surface area contributed by atoms with Crippen molar-refractivity contribution >= 4 is 23.3 Å². The van der Waals surface area contributed by atoms with Crippen LogP contribution in [0, 0.1) is 5.92 Å². The number of anilines is 1. The van der Waals surface area contributed by atoms with Gasteiger partial charge in [-0.3, -0.25) is 4.79 Å². The van der Waals surface area contributed by atoms with Gasteiger partial charge in [0.25, 0.3) is 5.91 Å². The van der Waals surface area contributed by atoms with E-state index in [9.17, 15) is 9.59 Å². The molecule has 0 fully saturated rings. The van der Waals surface area contributed by atoms with Gasteiger partial charge in [0.05, 0.1) is 17.2 Å². The molecule has 5 heteroatoms. The van der Waals surface area contributed by atoms with Gasteiger partial charge in [0.15, 0.2) is 0 Å². The number of aromatic carboxylic acids is 1. The summed E-state index contributed by atoms with van der Waals surface area (Å²) in [5, 5.41) is 14.3. The summed E-state index contributed by atoms with van der Waals surface area (Å²) in [7, 11) is 0. The van der Waals surface area contributed by atoms with Gasteiger partial charge in [0, 0.05) is 5.71 Å². The lowest BCUT2D eigenvalue weighted by Crippen LogP contribution is -2.26. The molecule has 5 nitrogen and oxygen atoms in total. The molecule has 0 aliphatic carbocycles. The maximum absolute atomic E-state index is 11.9. The molecular weight excluding hydrogens is 220 g/mol. The SMILES string of the molecule is CC1=NN(c2ccccc2C(=O)O)C(=O)C1C. The number of hydrogen-bond donors (Lipinski definition) is 1. The van der Waals surface area contributed by atoms with E-state index in [-0.39, 0.29) is 17.4 Å². The van der Waals surface area contributed by atoms with E-state index in [2.05, 4.69) is 5.10 Å². The van der Waals surface area contributed by atoms with Crippen molar-refractivity contribution in [1.29, 1.82) is 0 Å². The van der Waals surface area contributed by atoms with Gasteiger partial charge in [-0.05, 0) is 26.0 Å². The Morgan fingerprint density at radius 3 is 2.59 bits per heavy atom. The highest BCUT2D eigenvalue weighted by Gasteiger charge is 2.32. The normalized spacial score (nSPS) is 19.4. The van der Waals surface area contributed by atoms with Crippen molar-refractivity contribution in [3.63, 3.8) is 0 Å². The second kappa shape index (κ2) is 4.01. The number of nitrogens with zero attached hydrogens (tertiary/aromatic N) is 2. The fourth-order valence-electron chi connectivity index (χ4n) is 1.67. The van der Waals surface area contributed by atoms with E-state index in [4.69, 9.17) is 5.11 Å². The Morgan fingerprint density at radius 1 is 1.41 bits per heavy atom. The highest BCUT2D eigenvalue weighted by Crippen LogP contribution is 2.26. The molecule has 0 bridgehead atoms. The Bertz CT molecular complexity index is 522. The Labute approximate surface area is 98.4 Å². The molecule has 0 saturated heterocycles. The number of benzene rings is 1. The van der Waals surface area contributed by atoms with Crippen LogP contribution in [0.3, 0.4) is 0 Å². The first-order valence-electron chi connectivity index (χ1n) is 5.23. The number of carboxylic acids is 1. The van der Waals surface area contributed by atoms with Gasteiger partial charge in [-0.15, -0.1) is 0 Å². The van der Waals surface area contributed by atoms with Crippen molar-refractivity contribution in [2.24, 2.45) is 11.0 Å². The van der Waals surface area contributed by atoms with Gasteiger partial charge in [0.2, 0.25) is 0 Å². The van der Waals surface area contributed by atoms with Crippen LogP contribution in [0.1, 0.15) is 24.2 Å². The third-order valence-corrected chi connectivity index (χ3v) is 2.83. The fourth-order valence-corrected chi connectivity index (χ4v) is 1.67. The predicted molar refractivity (Wildman–Crippen MR) is 63.2 cm³/mol. The van der Waals surface area contributed by atoms with Crippen LogP contribution in [0.25, 0.3) is 0 Å². The van der Waals surface area contributed by atoms with Crippen LogP contribution in [-0.4, -0.2) is 22.7 Å². The number of hydrazone groups is 1. The standard InChI is InChI=1S/C12H12N2O3/c1-7-8(2)13-14(11(7)15)10-6-4-3-5-9(10)12(16)17/h3-7H,1-2H3,(H,16,17). The van der Waals surface area contributed by atoms with E-state index in [0.717, 1.165) is 0 Å². The Hall–Kier alpha value is -2.17. The smallest absolute Gasteiger partial charge is 0.337 e. The average Bonchev–Trinajstić information content (AvgIpc) is 2.57. The van der Waals surface area contributed by atoms with Gasteiger partial charge < -0.3 is 5.11 Å². The average molecular weight is 232 g/mol. The first kappa shape index (κ1) is 11.3. The molecule has 1 aromatic carbocycles. The number of amides is 1. The molecule has 0 radical (unpaired) electrons. The minimum Gasteiger partial charge on any atom is -0.478 e. The maximum Gasteiger partial charge on any atom is 0.337 e. The molecular formula is C12H12N2O3. The number of para-hydroxylation sites is 1. The first-order valence-corrected chi connectivity index (χ1v) is 5.23. The van der Waals surface area contributed by atoms with Crippen LogP contribution >= 0.6 is 0 Å². The van der Waals surface area contributed by atoms with Gasteiger partial charge in [0.1, 0.15) is 0 Å². The predicted octanol–water partition coefficient (Wildman–Crippen LogP) is 1.74. The quantitative estimate of drug-likeness (QED) is 0.844. The second-order valence-electron chi connectivity index (χ2n) is 3.94. The minimum atomic E-state index is -1.07. The summed E-state index contributed by atoms with van der Waals surface area (Å²) >= 11 is 0. The van der Waals surface area contributed by atoms with Crippen molar-refractivity contribution in [1.82, 2.24) is 0 Å². The van der Waals surface area contributed by atoms with Gasteiger partial charge in [-0.2, -0.15) is 10.1 Å². The van der Waals surface area contributed by atoms with E-state index in [1.807, 2.05) is 0 Å². The molecule has 0 spiro atoms. The fraction of sp³-hybridized carbons (Fsp3) is 0.250. The third-order valence-electron chi connectivity index (χ3n) is 2.83. The van der Waals surface area contributed by atoms with Gasteiger partial charge >= 0.3 is 5.97 Å². The van der Waals surface area contributed by atoms with Gasteiger partial charge in [-0.25, -0.2) is 4.79 Å². The van der Waals surface area contributed by atoms with E-state index >= 15 is 0 Å². The minimum absolute atomic E-state index is 0.0755. The summed E-state index contributed by atoms with van der Waals surface area (Å²) in [5.41, 5.74) is 1.08. The van der Waals surface area contributed by atoms with Crippen molar-refractivity contribution in [2.75, 3.05) is 5.01 Å². The molecule has 1 aromatic rings. The Kier molecular flexibility index (Phi) is 2.67. The van der Waals surface area contributed by atoms with Crippen LogP contribution in [0.5, 0.6) is 0 Å². The summed E-state index contributed by atoms with van der Waals surface area (Å²) in [5.74, 6) is -1.56. The van der Waals surface area contributed by atoms with Crippen molar-refractivity contribution < 1.29 is 14.7 Å². The molecule has 1 N–H and O–H groups in total. The molecule has 88 valence electrons. The van der Waals surface area contributed by atoms with E-state index < -0.39 is 5.97 Å². The van der Waals surface area contributed by atoms with Crippen LogP contribution in [0.2, 0.25) is 0 Å². The molecule has 1 aliphatic rings. The topological polar surface area (TPSA) is 70.0 Å². The number of carbonyl (C=O) groups is 2. The summed E-state index contributed by atoms with van der Waals surface area (Å²) in [6.07, 6.45) is 0. The molecule has 0 saturated carbocycles. The van der Waals surface area contributed by atoms with Crippen LogP contribution < -0.4 is 5.01 Å². The molecule has 1 aliphatic heterocycles. The van der Waals surface area contributed by atoms with Crippen molar-refractivity contribution in [3.05, 3.63) is 29.8 Å². The largest absolute Gasteiger partial charge is 0.478 e. The number of carbonyl (C=O) groups excluding carboxylic acids is 1. The summed E-state index contributed by atoms with van der Waals surface area (Å²) in [6, 6.07) is 6.34. The third kappa shape index (κ3) is 1.80. The highest BCUT2D eigenvalue weighted by atomic mass is 16.4. The lowest BCUT2D eigenvalue weighted by molar-refractivity contribution is -0.119. The lowest BCUT2D eigenvalue weighted by Gasteiger charge is -2.14. The van der Waals surface area contributed by atoms with Crippen LogP contribution in [0.4, 0.5) is 5.69 Å². The summed E-state index contributed by atoms with van der Waals surface area (Å²) in [4.78, 5) is 23.0. The second-order valence-corrected chi connectivity index (χ2v) is 3.94. The summed E-state index contributed by atoms with van der Waals surface area (Å²) in [6.45, 7) is 3.51. The molecule has 1 heterocycles. The zero-order chi connectivity index (χ0) is 12.6. The van der Waals surface area contributed by atoms with Crippen LogP contribution in [-0.2, 0) is 4.79 Å². The molecule has 1 unspecified atom stereocenters. The van der Waals surface area contributed by atoms with Gasteiger partial charge in [-0.1, -0.05) is 12.1 Å². The number of hydrogen-bond acceptors (Lipinski definition) is 3. The molecule has 1 amide bonds. The summed E-state index contributed by atoms with van der Waals surface area (Å²) < 4.78 is 0. The molecule has 0 aromatic heterocycles. The van der Waals surface area contributed by atoms with Crippen molar-refractivity contribution in [3.8, 4) is 0 Å². The Morgan fingerprint density at radius 2 is 2.06 bits per heavy atom. The van der Waals surface area contributed by atoms with Crippen LogP contribution in [0.15, 0.2) is 29.4 Å². The molecule has 17 heavy (non-hydrogen) atoms. The van der Waals surface area contributed by atoms with E-state index in [1.165, 1.54) is 11.1 Å². The maximum atomic E-state index is 11.9. The van der Waals surface area contributed by atoms with Crippen molar-refractivity contribution in [2.45, 2.75) is 13.8 Å². The molecule has 1 atom stereocenters. The first-order chi connectivity index (χ1) is 8.02. The Balaban J connectivity index is 2.49. The lowest BCUT2D eigenvalue weighted by atomic mass is 10.1. The number of carboxylic acid groups (broad SMARTS) is 1. The zero-order valence-corrected chi connectivity index (χ0v) is 9.54.